The highest BCUT2D eigenvalue weighted by Gasteiger charge is 2.41. The maximum absolute atomic E-state index is 12.9. The summed E-state index contributed by atoms with van der Waals surface area (Å²) in [6.45, 7) is 2.11. The first kappa shape index (κ1) is 14.9. The second kappa shape index (κ2) is 6.11. The van der Waals surface area contributed by atoms with Crippen LogP contribution in [0.4, 0.5) is 11.8 Å². The maximum Gasteiger partial charge on any atom is 0.228 e. The van der Waals surface area contributed by atoms with Gasteiger partial charge in [0, 0.05) is 31.9 Å². The molecule has 6 nitrogen and oxygen atoms in total. The number of hydrogen-bond acceptors (Lipinski definition) is 5. The minimum Gasteiger partial charge on any atom is -0.384 e. The fourth-order valence-electron chi connectivity index (χ4n) is 3.71. The van der Waals surface area contributed by atoms with E-state index in [1.54, 1.807) is 12.3 Å². The van der Waals surface area contributed by atoms with Crippen LogP contribution in [0.5, 0.6) is 0 Å². The van der Waals surface area contributed by atoms with Crippen LogP contribution in [0.1, 0.15) is 18.4 Å². The smallest absolute Gasteiger partial charge is 0.228 e. The third-order valence-corrected chi connectivity index (χ3v) is 4.94. The van der Waals surface area contributed by atoms with E-state index in [4.69, 9.17) is 5.73 Å². The predicted molar refractivity (Wildman–Crippen MR) is 92.2 cm³/mol. The summed E-state index contributed by atoms with van der Waals surface area (Å²) in [5.74, 6) is 1.35. The maximum atomic E-state index is 12.9. The molecule has 0 radical (unpaired) electrons. The van der Waals surface area contributed by atoms with Crippen LogP contribution in [-0.4, -0.2) is 39.9 Å². The lowest BCUT2D eigenvalue weighted by molar-refractivity contribution is -0.140. The van der Waals surface area contributed by atoms with E-state index in [1.807, 2.05) is 23.1 Å². The van der Waals surface area contributed by atoms with Gasteiger partial charge in [0.1, 0.15) is 5.82 Å². The van der Waals surface area contributed by atoms with Crippen molar-refractivity contribution in [2.45, 2.75) is 25.4 Å². The summed E-state index contributed by atoms with van der Waals surface area (Å²) in [4.78, 5) is 25.7. The fraction of sp³-hybridized carbons (Fsp3) is 0.389. The van der Waals surface area contributed by atoms with Gasteiger partial charge < -0.3 is 15.5 Å². The molecule has 0 saturated carbocycles. The number of nitrogens with two attached hydrogens (primary N) is 1. The summed E-state index contributed by atoms with van der Waals surface area (Å²) in [5.41, 5.74) is 6.96. The molecule has 2 bridgehead atoms. The minimum atomic E-state index is 0.0116. The number of aromatic nitrogens is 2. The van der Waals surface area contributed by atoms with Crippen LogP contribution in [0, 0.1) is 5.92 Å². The summed E-state index contributed by atoms with van der Waals surface area (Å²) in [7, 11) is 0. The van der Waals surface area contributed by atoms with E-state index in [0.717, 1.165) is 19.4 Å². The second-order valence-electron chi connectivity index (χ2n) is 6.57. The van der Waals surface area contributed by atoms with Crippen molar-refractivity contribution >= 4 is 17.7 Å². The zero-order valence-electron chi connectivity index (χ0n) is 13.5. The van der Waals surface area contributed by atoms with Crippen molar-refractivity contribution in [2.75, 3.05) is 23.7 Å². The molecular formula is C18H21N5O. The predicted octanol–water partition coefficient (Wildman–Crippen LogP) is 1.69. The number of rotatable bonds is 3. The summed E-state index contributed by atoms with van der Waals surface area (Å²) in [6.07, 6.45) is 3.64. The van der Waals surface area contributed by atoms with E-state index < -0.39 is 0 Å². The molecule has 6 heteroatoms. The molecule has 0 unspecified atom stereocenters. The van der Waals surface area contributed by atoms with Crippen molar-refractivity contribution in [3.8, 4) is 0 Å². The van der Waals surface area contributed by atoms with Gasteiger partial charge in [0.05, 0.1) is 5.92 Å². The van der Waals surface area contributed by atoms with Crippen molar-refractivity contribution in [3.63, 3.8) is 0 Å². The molecule has 5 rings (SSSR count). The normalized spacial score (nSPS) is 23.4. The highest BCUT2D eigenvalue weighted by molar-refractivity contribution is 5.81. The number of carbonyl (C=O) groups is 1. The Morgan fingerprint density at radius 2 is 1.96 bits per heavy atom. The van der Waals surface area contributed by atoms with E-state index in [0.29, 0.717) is 24.9 Å². The zero-order chi connectivity index (χ0) is 16.5. The summed E-state index contributed by atoms with van der Waals surface area (Å²) >= 11 is 0. The van der Waals surface area contributed by atoms with E-state index in [-0.39, 0.29) is 17.9 Å². The van der Waals surface area contributed by atoms with Gasteiger partial charge in [-0.2, -0.15) is 4.98 Å². The van der Waals surface area contributed by atoms with Crippen molar-refractivity contribution in [1.82, 2.24) is 14.9 Å². The molecule has 0 aliphatic carbocycles. The van der Waals surface area contributed by atoms with E-state index in [2.05, 4.69) is 27.0 Å². The van der Waals surface area contributed by atoms with Gasteiger partial charge in [0.15, 0.2) is 0 Å². The Kier molecular flexibility index (Phi) is 3.80. The number of hydrogen-bond donors (Lipinski definition) is 1. The molecule has 1 aromatic carbocycles. The van der Waals surface area contributed by atoms with Gasteiger partial charge in [0.2, 0.25) is 11.9 Å². The fourth-order valence-corrected chi connectivity index (χ4v) is 3.71. The van der Waals surface area contributed by atoms with Crippen LogP contribution in [0.15, 0.2) is 42.6 Å². The van der Waals surface area contributed by atoms with Gasteiger partial charge in [0.25, 0.3) is 0 Å². The summed E-state index contributed by atoms with van der Waals surface area (Å²) in [5, 5.41) is 0. The molecule has 3 aliphatic heterocycles. The van der Waals surface area contributed by atoms with E-state index in [9.17, 15) is 4.79 Å². The molecule has 2 aromatic rings. The van der Waals surface area contributed by atoms with Crippen molar-refractivity contribution in [1.29, 1.82) is 0 Å². The topological polar surface area (TPSA) is 75.3 Å². The Labute approximate surface area is 141 Å². The zero-order valence-corrected chi connectivity index (χ0v) is 13.5. The number of carbonyl (C=O) groups excluding carboxylic acids is 1. The first-order valence-electron chi connectivity index (χ1n) is 8.38. The van der Waals surface area contributed by atoms with E-state index >= 15 is 0 Å². The van der Waals surface area contributed by atoms with Crippen LogP contribution in [0.25, 0.3) is 0 Å². The molecule has 3 aliphatic rings. The molecule has 1 amide bonds. The van der Waals surface area contributed by atoms with Crippen LogP contribution >= 0.6 is 0 Å². The highest BCUT2D eigenvalue weighted by Crippen LogP contribution is 2.31. The van der Waals surface area contributed by atoms with Crippen LogP contribution < -0.4 is 10.6 Å². The van der Waals surface area contributed by atoms with Gasteiger partial charge in [-0.25, -0.2) is 4.98 Å². The van der Waals surface area contributed by atoms with Crippen molar-refractivity contribution in [3.05, 3.63) is 48.2 Å². The second-order valence-corrected chi connectivity index (χ2v) is 6.57. The standard InChI is InChI=1S/C18H21N5O/c19-16-8-9-20-18(21-16)22-11-14-6-7-15(12-22)23(17(14)24)10-13-4-2-1-3-5-13/h1-5,8-9,14-15H,6-7,10-12H2,(H2,19,20,21)/t14-,15+/m0/s1. The first-order valence-corrected chi connectivity index (χ1v) is 8.38. The van der Waals surface area contributed by atoms with Gasteiger partial charge in [-0.05, 0) is 24.5 Å². The lowest BCUT2D eigenvalue weighted by Gasteiger charge is -2.36. The first-order chi connectivity index (χ1) is 11.7. The Morgan fingerprint density at radius 1 is 1.12 bits per heavy atom. The third kappa shape index (κ3) is 2.79. The molecule has 124 valence electrons. The number of nitrogens with zero attached hydrogens (tertiary/aromatic N) is 4. The molecule has 1 aromatic heterocycles. The van der Waals surface area contributed by atoms with Gasteiger partial charge in [-0.15, -0.1) is 0 Å². The third-order valence-electron chi connectivity index (χ3n) is 4.94. The molecular weight excluding hydrogens is 302 g/mol. The van der Waals surface area contributed by atoms with Crippen molar-refractivity contribution in [2.24, 2.45) is 5.92 Å². The average molecular weight is 323 g/mol. The molecule has 2 N–H and O–H groups in total. The molecule has 0 spiro atoms. The summed E-state index contributed by atoms with van der Waals surface area (Å²) < 4.78 is 0. The average Bonchev–Trinajstić information content (AvgIpc) is 2.89. The van der Waals surface area contributed by atoms with Crippen LogP contribution in [0.2, 0.25) is 0 Å². The minimum absolute atomic E-state index is 0.0116. The monoisotopic (exact) mass is 323 g/mol. The number of nitrogen functional groups attached to an aromatic ring is 1. The van der Waals surface area contributed by atoms with Gasteiger partial charge >= 0.3 is 0 Å². The Balaban J connectivity index is 1.58. The van der Waals surface area contributed by atoms with Crippen molar-refractivity contribution < 1.29 is 4.79 Å². The Morgan fingerprint density at radius 3 is 2.75 bits per heavy atom. The lowest BCUT2D eigenvalue weighted by atomic mass is 9.93. The quantitative estimate of drug-likeness (QED) is 0.930. The van der Waals surface area contributed by atoms with Gasteiger partial charge in [-0.1, -0.05) is 30.3 Å². The summed E-state index contributed by atoms with van der Waals surface area (Å²) in [6, 6.07) is 12.1. The number of anilines is 2. The molecule has 24 heavy (non-hydrogen) atoms. The SMILES string of the molecule is Nc1ccnc(N2C[C@@H]3CC[C@H](C2)N(Cc2ccccc2)C3=O)n1. The lowest BCUT2D eigenvalue weighted by Crippen LogP contribution is -2.47. The highest BCUT2D eigenvalue weighted by atomic mass is 16.2. The Bertz CT molecular complexity index is 735. The molecule has 4 heterocycles. The number of piperidine rings is 1. The largest absolute Gasteiger partial charge is 0.384 e. The number of benzene rings is 1. The van der Waals surface area contributed by atoms with Crippen LogP contribution in [0.3, 0.4) is 0 Å². The number of fused-ring (bicyclic) bond motifs is 4. The molecule has 3 fully saturated rings. The van der Waals surface area contributed by atoms with Gasteiger partial charge in [-0.3, -0.25) is 4.79 Å². The molecule has 3 saturated heterocycles. The molecule has 2 atom stereocenters. The number of amides is 1. The van der Waals surface area contributed by atoms with E-state index in [1.165, 1.54) is 5.56 Å². The Hall–Kier alpha value is -2.63. The van der Waals surface area contributed by atoms with Crippen LogP contribution in [-0.2, 0) is 11.3 Å².